The molecule has 0 aromatic rings. The third-order valence-corrected chi connectivity index (χ3v) is 4.62. The number of ether oxygens (including phenoxy) is 2. The zero-order valence-corrected chi connectivity index (χ0v) is 12.5. The van der Waals surface area contributed by atoms with Crippen LogP contribution < -0.4 is 0 Å². The summed E-state index contributed by atoms with van der Waals surface area (Å²) in [6, 6.07) is 0. The number of esters is 1. The molecule has 1 fully saturated rings. The summed E-state index contributed by atoms with van der Waals surface area (Å²) in [5.41, 5.74) is 0. The summed E-state index contributed by atoms with van der Waals surface area (Å²) in [7, 11) is 0. The standard InChI is InChI=1S/C13H22O4S/c1-7-8(2)12(6-18-11(5)15)17-13(9(7)3)16-10(4)14/h7-9,12-13H,6H2,1-5H3/t7-,8-,9?,12?,13?/m0/s1. The van der Waals surface area contributed by atoms with Crippen molar-refractivity contribution in [2.75, 3.05) is 5.75 Å². The average molecular weight is 274 g/mol. The minimum Gasteiger partial charge on any atom is -0.436 e. The highest BCUT2D eigenvalue weighted by Gasteiger charge is 2.40. The lowest BCUT2D eigenvalue weighted by Crippen LogP contribution is -2.47. The van der Waals surface area contributed by atoms with E-state index in [1.165, 1.54) is 18.7 Å². The molecule has 1 saturated heterocycles. The number of carbonyl (C=O) groups excluding carboxylic acids is 2. The predicted molar refractivity (Wildman–Crippen MR) is 71.1 cm³/mol. The molecule has 5 heteroatoms. The molecule has 0 bridgehead atoms. The summed E-state index contributed by atoms with van der Waals surface area (Å²) in [6.07, 6.45) is -0.541. The predicted octanol–water partition coefficient (Wildman–Crippen LogP) is 2.46. The fraction of sp³-hybridized carbons (Fsp3) is 0.846. The molecule has 4 nitrogen and oxygen atoms in total. The molecule has 1 aliphatic heterocycles. The zero-order chi connectivity index (χ0) is 13.9. The molecular formula is C13H22O4S. The van der Waals surface area contributed by atoms with Crippen LogP contribution >= 0.6 is 11.8 Å². The zero-order valence-electron chi connectivity index (χ0n) is 11.6. The summed E-state index contributed by atoms with van der Waals surface area (Å²) in [4.78, 5) is 22.1. The molecule has 5 atom stereocenters. The van der Waals surface area contributed by atoms with Crippen molar-refractivity contribution in [2.45, 2.75) is 47.0 Å². The largest absolute Gasteiger partial charge is 0.436 e. The number of rotatable bonds is 3. The summed E-state index contributed by atoms with van der Waals surface area (Å²) in [6.45, 7) is 9.23. The van der Waals surface area contributed by atoms with E-state index in [9.17, 15) is 9.59 Å². The van der Waals surface area contributed by atoms with E-state index in [4.69, 9.17) is 9.47 Å². The van der Waals surface area contributed by atoms with Crippen LogP contribution in [-0.4, -0.2) is 29.2 Å². The van der Waals surface area contributed by atoms with Crippen molar-refractivity contribution in [2.24, 2.45) is 17.8 Å². The molecule has 1 aliphatic rings. The lowest BCUT2D eigenvalue weighted by atomic mass is 9.79. The molecule has 0 spiro atoms. The molecule has 1 heterocycles. The van der Waals surface area contributed by atoms with E-state index in [2.05, 4.69) is 13.8 Å². The first-order valence-electron chi connectivity index (χ1n) is 6.29. The van der Waals surface area contributed by atoms with Gasteiger partial charge in [-0.3, -0.25) is 9.59 Å². The van der Waals surface area contributed by atoms with E-state index in [1.54, 1.807) is 6.92 Å². The maximum Gasteiger partial charge on any atom is 0.304 e. The van der Waals surface area contributed by atoms with Crippen LogP contribution in [0.25, 0.3) is 0 Å². The molecule has 0 N–H and O–H groups in total. The van der Waals surface area contributed by atoms with Crippen molar-refractivity contribution in [3.8, 4) is 0 Å². The second-order valence-corrected chi connectivity index (χ2v) is 6.23. The topological polar surface area (TPSA) is 52.6 Å². The van der Waals surface area contributed by atoms with Crippen molar-refractivity contribution in [1.29, 1.82) is 0 Å². The fourth-order valence-corrected chi connectivity index (χ4v) is 2.96. The van der Waals surface area contributed by atoms with E-state index >= 15 is 0 Å². The van der Waals surface area contributed by atoms with Crippen LogP contribution in [0.1, 0.15) is 34.6 Å². The fourth-order valence-electron chi connectivity index (χ4n) is 2.17. The highest BCUT2D eigenvalue weighted by molar-refractivity contribution is 8.13. The van der Waals surface area contributed by atoms with Crippen molar-refractivity contribution in [1.82, 2.24) is 0 Å². The molecule has 0 aromatic heterocycles. The van der Waals surface area contributed by atoms with Gasteiger partial charge < -0.3 is 9.47 Å². The summed E-state index contributed by atoms with van der Waals surface area (Å²) in [5, 5.41) is 0.0844. The summed E-state index contributed by atoms with van der Waals surface area (Å²) in [5.74, 6) is 1.19. The van der Waals surface area contributed by atoms with Gasteiger partial charge in [0.15, 0.2) is 5.12 Å². The van der Waals surface area contributed by atoms with Gasteiger partial charge in [-0.05, 0) is 11.8 Å². The van der Waals surface area contributed by atoms with Gasteiger partial charge in [0.05, 0.1) is 6.10 Å². The number of hydrogen-bond donors (Lipinski definition) is 0. The molecule has 0 saturated carbocycles. The molecule has 18 heavy (non-hydrogen) atoms. The second-order valence-electron chi connectivity index (χ2n) is 5.03. The second kappa shape index (κ2) is 6.57. The minimum absolute atomic E-state index is 0.0468. The first-order valence-corrected chi connectivity index (χ1v) is 7.27. The van der Waals surface area contributed by atoms with E-state index in [1.807, 2.05) is 6.92 Å². The number of thioether (sulfide) groups is 1. The van der Waals surface area contributed by atoms with Gasteiger partial charge in [0.1, 0.15) is 0 Å². The molecule has 1 rings (SSSR count). The molecule has 0 amide bonds. The van der Waals surface area contributed by atoms with E-state index in [0.29, 0.717) is 17.6 Å². The Morgan fingerprint density at radius 1 is 1.11 bits per heavy atom. The summed E-state index contributed by atoms with van der Waals surface area (Å²) < 4.78 is 11.0. The lowest BCUT2D eigenvalue weighted by molar-refractivity contribution is -0.236. The quantitative estimate of drug-likeness (QED) is 0.740. The molecule has 3 unspecified atom stereocenters. The van der Waals surface area contributed by atoms with Crippen molar-refractivity contribution < 1.29 is 19.1 Å². The van der Waals surface area contributed by atoms with Gasteiger partial charge in [0, 0.05) is 25.5 Å². The van der Waals surface area contributed by atoms with Gasteiger partial charge in [0.25, 0.3) is 0 Å². The highest BCUT2D eigenvalue weighted by Crippen LogP contribution is 2.36. The van der Waals surface area contributed by atoms with E-state index in [0.717, 1.165) is 0 Å². The maximum atomic E-state index is 11.1. The molecule has 0 aliphatic carbocycles. The molecule has 0 aromatic carbocycles. The van der Waals surface area contributed by atoms with Crippen molar-refractivity contribution in [3.63, 3.8) is 0 Å². The third-order valence-electron chi connectivity index (χ3n) is 3.72. The SMILES string of the molecule is CC(=O)OC1OC(CSC(C)=O)[C@@H](C)[C@H](C)C1C. The Morgan fingerprint density at radius 3 is 2.22 bits per heavy atom. The van der Waals surface area contributed by atoms with Gasteiger partial charge >= 0.3 is 5.97 Å². The van der Waals surface area contributed by atoms with Gasteiger partial charge in [-0.25, -0.2) is 0 Å². The minimum atomic E-state index is -0.494. The molecule has 0 radical (unpaired) electrons. The average Bonchev–Trinajstić information content (AvgIpc) is 2.27. The molecule has 104 valence electrons. The van der Waals surface area contributed by atoms with Gasteiger partial charge in [-0.15, -0.1) is 0 Å². The first-order chi connectivity index (χ1) is 8.32. The Morgan fingerprint density at radius 2 is 1.72 bits per heavy atom. The number of hydrogen-bond acceptors (Lipinski definition) is 5. The Balaban J connectivity index is 2.67. The Labute approximate surface area is 113 Å². The maximum absolute atomic E-state index is 11.1. The van der Waals surface area contributed by atoms with Crippen LogP contribution in [0.4, 0.5) is 0 Å². The normalized spacial score (nSPS) is 36.2. The van der Waals surface area contributed by atoms with Crippen molar-refractivity contribution >= 4 is 22.8 Å². The van der Waals surface area contributed by atoms with Gasteiger partial charge in [-0.2, -0.15) is 0 Å². The molecular weight excluding hydrogens is 252 g/mol. The van der Waals surface area contributed by atoms with Crippen LogP contribution in [0.15, 0.2) is 0 Å². The van der Waals surface area contributed by atoms with Crippen molar-refractivity contribution in [3.05, 3.63) is 0 Å². The van der Waals surface area contributed by atoms with Crippen LogP contribution in [-0.2, 0) is 19.1 Å². The summed E-state index contributed by atoms with van der Waals surface area (Å²) >= 11 is 1.26. The number of carbonyl (C=O) groups is 2. The smallest absolute Gasteiger partial charge is 0.304 e. The monoisotopic (exact) mass is 274 g/mol. The van der Waals surface area contributed by atoms with Crippen LogP contribution in [0, 0.1) is 17.8 Å². The lowest BCUT2D eigenvalue weighted by Gasteiger charge is -2.42. The Hall–Kier alpha value is -0.550. The van der Waals surface area contributed by atoms with Gasteiger partial charge in [0.2, 0.25) is 6.29 Å². The Bertz CT molecular complexity index is 316. The van der Waals surface area contributed by atoms with Crippen LogP contribution in [0.5, 0.6) is 0 Å². The highest BCUT2D eigenvalue weighted by atomic mass is 32.2. The van der Waals surface area contributed by atoms with E-state index in [-0.39, 0.29) is 23.1 Å². The van der Waals surface area contributed by atoms with E-state index < -0.39 is 6.29 Å². The van der Waals surface area contributed by atoms with Crippen LogP contribution in [0.3, 0.4) is 0 Å². The first kappa shape index (κ1) is 15.5. The van der Waals surface area contributed by atoms with Crippen LogP contribution in [0.2, 0.25) is 0 Å². The van der Waals surface area contributed by atoms with Gasteiger partial charge in [-0.1, -0.05) is 32.5 Å². The third kappa shape index (κ3) is 3.99. The Kier molecular flexibility index (Phi) is 5.66.